The van der Waals surface area contributed by atoms with Crippen molar-refractivity contribution in [1.82, 2.24) is 20.0 Å². The Morgan fingerprint density at radius 2 is 1.88 bits per heavy atom. The molecule has 1 aromatic carbocycles. The van der Waals surface area contributed by atoms with Crippen LogP contribution in [0, 0.1) is 0 Å². The van der Waals surface area contributed by atoms with Gasteiger partial charge < -0.3 is 18.9 Å². The van der Waals surface area contributed by atoms with E-state index in [-0.39, 0.29) is 31.3 Å². The molecular weight excluding hydrogens is 424 g/mol. The number of esters is 1. The number of carbonyl (C=O) groups is 2. The van der Waals surface area contributed by atoms with Crippen LogP contribution < -0.4 is 4.74 Å². The van der Waals surface area contributed by atoms with E-state index in [1.54, 1.807) is 24.2 Å². The predicted octanol–water partition coefficient (Wildman–Crippen LogP) is 3.44. The third-order valence-electron chi connectivity index (χ3n) is 4.78. The summed E-state index contributed by atoms with van der Waals surface area (Å²) in [4.78, 5) is 34.8. The number of aromatic nitrogens is 3. The van der Waals surface area contributed by atoms with Gasteiger partial charge in [0.2, 0.25) is 17.6 Å². The van der Waals surface area contributed by atoms with Gasteiger partial charge in [0, 0.05) is 43.9 Å². The van der Waals surface area contributed by atoms with E-state index in [1.165, 1.54) is 0 Å². The smallest absolute Gasteiger partial charge is 0.307 e. The van der Waals surface area contributed by atoms with Crippen LogP contribution in [-0.4, -0.2) is 51.7 Å². The van der Waals surface area contributed by atoms with E-state index in [0.29, 0.717) is 37.9 Å². The Labute approximate surface area is 192 Å². The minimum absolute atomic E-state index is 0.121. The average Bonchev–Trinajstić information content (AvgIpc) is 3.31. The SMILES string of the molecule is CCOC(=O)CCN(Cc1cccnc1)C(=O)CCc1nc(-c2ccc(OCC)cc2)no1. The Morgan fingerprint density at radius 3 is 2.58 bits per heavy atom. The van der Waals surface area contributed by atoms with E-state index >= 15 is 0 Å². The molecule has 0 atom stereocenters. The molecule has 3 aromatic rings. The molecule has 0 spiro atoms. The second kappa shape index (κ2) is 12.3. The summed E-state index contributed by atoms with van der Waals surface area (Å²) in [5.74, 6) is 1.14. The van der Waals surface area contributed by atoms with Gasteiger partial charge >= 0.3 is 5.97 Å². The summed E-state index contributed by atoms with van der Waals surface area (Å²) in [6, 6.07) is 11.1. The minimum atomic E-state index is -0.335. The highest BCUT2D eigenvalue weighted by molar-refractivity contribution is 5.77. The van der Waals surface area contributed by atoms with Gasteiger partial charge in [0.05, 0.1) is 19.6 Å². The summed E-state index contributed by atoms with van der Waals surface area (Å²) in [5, 5.41) is 4.01. The van der Waals surface area contributed by atoms with Crippen molar-refractivity contribution in [2.45, 2.75) is 39.7 Å². The number of benzene rings is 1. The van der Waals surface area contributed by atoms with E-state index in [4.69, 9.17) is 14.0 Å². The van der Waals surface area contributed by atoms with Gasteiger partial charge in [0.25, 0.3) is 0 Å². The highest BCUT2D eigenvalue weighted by atomic mass is 16.5. The Balaban J connectivity index is 1.60. The van der Waals surface area contributed by atoms with Crippen LogP contribution in [0.2, 0.25) is 0 Å². The topological polar surface area (TPSA) is 108 Å². The number of ether oxygens (including phenoxy) is 2. The van der Waals surface area contributed by atoms with Gasteiger partial charge in [0.1, 0.15) is 5.75 Å². The first-order chi connectivity index (χ1) is 16.1. The molecule has 33 heavy (non-hydrogen) atoms. The Kier molecular flexibility index (Phi) is 8.93. The van der Waals surface area contributed by atoms with Gasteiger partial charge in [-0.15, -0.1) is 0 Å². The summed E-state index contributed by atoms with van der Waals surface area (Å²) in [5.41, 5.74) is 1.68. The van der Waals surface area contributed by atoms with E-state index in [0.717, 1.165) is 16.9 Å². The van der Waals surface area contributed by atoms with Crippen molar-refractivity contribution in [2.75, 3.05) is 19.8 Å². The molecule has 0 fully saturated rings. The molecular formula is C24H28N4O5. The number of rotatable bonds is 12. The van der Waals surface area contributed by atoms with Crippen molar-refractivity contribution in [3.05, 3.63) is 60.2 Å². The maximum absolute atomic E-state index is 12.9. The zero-order valence-electron chi connectivity index (χ0n) is 18.9. The minimum Gasteiger partial charge on any atom is -0.494 e. The van der Waals surface area contributed by atoms with Gasteiger partial charge in [-0.2, -0.15) is 4.98 Å². The summed E-state index contributed by atoms with van der Waals surface area (Å²) >= 11 is 0. The lowest BCUT2D eigenvalue weighted by Gasteiger charge is -2.22. The molecule has 0 aliphatic carbocycles. The second-order valence-electron chi connectivity index (χ2n) is 7.20. The Bertz CT molecular complexity index is 1020. The van der Waals surface area contributed by atoms with Crippen LogP contribution in [0.25, 0.3) is 11.4 Å². The summed E-state index contributed by atoms with van der Waals surface area (Å²) < 4.78 is 15.8. The van der Waals surface area contributed by atoms with Crippen LogP contribution in [0.4, 0.5) is 0 Å². The van der Waals surface area contributed by atoms with E-state index in [9.17, 15) is 9.59 Å². The van der Waals surface area contributed by atoms with E-state index in [2.05, 4.69) is 15.1 Å². The van der Waals surface area contributed by atoms with E-state index < -0.39 is 0 Å². The van der Waals surface area contributed by atoms with Gasteiger partial charge in [-0.3, -0.25) is 14.6 Å². The first kappa shape index (κ1) is 23.9. The normalized spacial score (nSPS) is 10.6. The van der Waals surface area contributed by atoms with Crippen molar-refractivity contribution in [3.63, 3.8) is 0 Å². The van der Waals surface area contributed by atoms with Crippen molar-refractivity contribution < 1.29 is 23.6 Å². The molecule has 0 radical (unpaired) electrons. The Hall–Kier alpha value is -3.75. The van der Waals surface area contributed by atoms with Crippen LogP contribution >= 0.6 is 0 Å². The number of amides is 1. The first-order valence-corrected chi connectivity index (χ1v) is 11.0. The highest BCUT2D eigenvalue weighted by Gasteiger charge is 2.18. The van der Waals surface area contributed by atoms with Crippen molar-refractivity contribution in [1.29, 1.82) is 0 Å². The van der Waals surface area contributed by atoms with Gasteiger partial charge in [-0.05, 0) is 49.7 Å². The maximum atomic E-state index is 12.9. The second-order valence-corrected chi connectivity index (χ2v) is 7.20. The molecule has 3 rings (SSSR count). The van der Waals surface area contributed by atoms with Crippen LogP contribution in [0.1, 0.15) is 38.1 Å². The molecule has 1 amide bonds. The molecule has 2 aromatic heterocycles. The molecule has 0 saturated heterocycles. The zero-order chi connectivity index (χ0) is 23.5. The molecule has 9 heteroatoms. The molecule has 0 unspecified atom stereocenters. The molecule has 2 heterocycles. The molecule has 0 N–H and O–H groups in total. The summed E-state index contributed by atoms with van der Waals surface area (Å²) in [6.45, 7) is 5.19. The maximum Gasteiger partial charge on any atom is 0.307 e. The number of hydrogen-bond donors (Lipinski definition) is 0. The molecule has 174 valence electrons. The van der Waals surface area contributed by atoms with E-state index in [1.807, 2.05) is 43.3 Å². The Morgan fingerprint density at radius 1 is 1.06 bits per heavy atom. The van der Waals surface area contributed by atoms with Gasteiger partial charge in [-0.1, -0.05) is 11.2 Å². The number of aryl methyl sites for hydroxylation is 1. The first-order valence-electron chi connectivity index (χ1n) is 11.0. The van der Waals surface area contributed by atoms with Crippen LogP contribution in [0.15, 0.2) is 53.3 Å². The monoisotopic (exact) mass is 452 g/mol. The molecule has 0 aliphatic heterocycles. The molecule has 0 bridgehead atoms. The summed E-state index contributed by atoms with van der Waals surface area (Å²) in [7, 11) is 0. The summed E-state index contributed by atoms with van der Waals surface area (Å²) in [6.07, 6.45) is 3.97. The fraction of sp³-hybridized carbons (Fsp3) is 0.375. The standard InChI is InChI=1S/C24H28N4O5/c1-3-31-20-9-7-19(8-10-20)24-26-21(33-27-24)11-12-22(29)28(15-13-23(30)32-4-2)17-18-6-5-14-25-16-18/h5-10,14,16H,3-4,11-13,15,17H2,1-2H3. The number of nitrogens with zero attached hydrogens (tertiary/aromatic N) is 4. The molecule has 0 aliphatic rings. The van der Waals surface area contributed by atoms with Crippen LogP contribution in [0.3, 0.4) is 0 Å². The fourth-order valence-electron chi connectivity index (χ4n) is 3.18. The van der Waals surface area contributed by atoms with Crippen LogP contribution in [0.5, 0.6) is 5.75 Å². The fourth-order valence-corrected chi connectivity index (χ4v) is 3.18. The van der Waals surface area contributed by atoms with Gasteiger partial charge in [-0.25, -0.2) is 0 Å². The highest BCUT2D eigenvalue weighted by Crippen LogP contribution is 2.20. The predicted molar refractivity (Wildman–Crippen MR) is 120 cm³/mol. The van der Waals surface area contributed by atoms with Crippen molar-refractivity contribution >= 4 is 11.9 Å². The number of carbonyl (C=O) groups excluding carboxylic acids is 2. The van der Waals surface area contributed by atoms with Gasteiger partial charge in [0.15, 0.2) is 0 Å². The third kappa shape index (κ3) is 7.41. The lowest BCUT2D eigenvalue weighted by Crippen LogP contribution is -2.33. The van der Waals surface area contributed by atoms with Crippen molar-refractivity contribution in [3.8, 4) is 17.1 Å². The average molecular weight is 453 g/mol. The quantitative estimate of drug-likeness (QED) is 0.385. The third-order valence-corrected chi connectivity index (χ3v) is 4.78. The largest absolute Gasteiger partial charge is 0.494 e. The number of pyridine rings is 1. The zero-order valence-corrected chi connectivity index (χ0v) is 18.9. The number of hydrogen-bond acceptors (Lipinski definition) is 8. The molecule has 0 saturated carbocycles. The van der Waals surface area contributed by atoms with Crippen LogP contribution in [-0.2, 0) is 27.3 Å². The van der Waals surface area contributed by atoms with Crippen molar-refractivity contribution in [2.24, 2.45) is 0 Å². The lowest BCUT2D eigenvalue weighted by atomic mass is 10.2. The molecule has 9 nitrogen and oxygen atoms in total. The lowest BCUT2D eigenvalue weighted by molar-refractivity contribution is -0.144.